The van der Waals surface area contributed by atoms with Gasteiger partial charge >= 0.3 is 6.03 Å². The molecule has 2 heterocycles. The summed E-state index contributed by atoms with van der Waals surface area (Å²) in [4.78, 5) is 11.9. The van der Waals surface area contributed by atoms with Gasteiger partial charge < -0.3 is 0 Å². The second kappa shape index (κ2) is 5.00. The van der Waals surface area contributed by atoms with E-state index in [1.807, 2.05) is 30.3 Å². The zero-order valence-electron chi connectivity index (χ0n) is 10.2. The minimum atomic E-state index is -0.797. The predicted molar refractivity (Wildman–Crippen MR) is 65.4 cm³/mol. The monoisotopic (exact) mass is 272 g/mol. The lowest BCUT2D eigenvalue weighted by Crippen LogP contribution is -2.23. The van der Waals surface area contributed by atoms with E-state index in [1.54, 1.807) is 0 Å². The molecule has 3 aromatic rings. The molecule has 8 heteroatoms. The third kappa shape index (κ3) is 2.18. The van der Waals surface area contributed by atoms with Crippen LogP contribution in [0.15, 0.2) is 42.7 Å². The van der Waals surface area contributed by atoms with Gasteiger partial charge in [-0.2, -0.15) is 9.07 Å². The molecule has 0 spiro atoms. The molecule has 3 rings (SSSR count). The van der Waals surface area contributed by atoms with Crippen molar-refractivity contribution < 1.29 is 9.18 Å². The molecular formula is C12H9FN6O. The molecule has 2 aromatic heterocycles. The lowest BCUT2D eigenvalue weighted by Gasteiger charge is -1.99. The zero-order chi connectivity index (χ0) is 13.9. The number of aromatic nitrogens is 6. The summed E-state index contributed by atoms with van der Waals surface area (Å²) in [6.45, 7) is 0. The molecule has 100 valence electrons. The van der Waals surface area contributed by atoms with E-state index >= 15 is 0 Å². The molecule has 0 aliphatic carbocycles. The molecule has 0 aliphatic rings. The number of halogens is 1. The van der Waals surface area contributed by atoms with Crippen molar-refractivity contribution in [2.45, 2.75) is 6.42 Å². The normalized spacial score (nSPS) is 10.7. The molecule has 0 aliphatic heterocycles. The van der Waals surface area contributed by atoms with Gasteiger partial charge in [-0.05, 0) is 5.56 Å². The van der Waals surface area contributed by atoms with Gasteiger partial charge in [-0.3, -0.25) is 0 Å². The van der Waals surface area contributed by atoms with Crippen molar-refractivity contribution >= 4 is 6.03 Å². The molecule has 0 N–H and O–H groups in total. The average Bonchev–Trinajstić information content (AvgIpc) is 3.11. The Bertz CT molecular complexity index is 722. The van der Waals surface area contributed by atoms with Gasteiger partial charge in [0.2, 0.25) is 5.95 Å². The van der Waals surface area contributed by atoms with Gasteiger partial charge in [-0.15, -0.1) is 14.9 Å². The largest absolute Gasteiger partial charge is 0.374 e. The Morgan fingerprint density at radius 1 is 1.20 bits per heavy atom. The Kier molecular flexibility index (Phi) is 3.04. The first-order chi connectivity index (χ1) is 9.75. The van der Waals surface area contributed by atoms with E-state index in [4.69, 9.17) is 0 Å². The van der Waals surface area contributed by atoms with Crippen LogP contribution in [-0.2, 0) is 6.42 Å². The maximum Gasteiger partial charge on any atom is 0.374 e. The minimum Gasteiger partial charge on any atom is -0.243 e. The fraction of sp³-hybridized carbons (Fsp3) is 0.0833. The van der Waals surface area contributed by atoms with Crippen molar-refractivity contribution in [3.8, 4) is 0 Å². The third-order valence-corrected chi connectivity index (χ3v) is 2.69. The maximum absolute atomic E-state index is 14.1. The molecule has 0 unspecified atom stereocenters. The number of rotatable bonds is 2. The highest BCUT2D eigenvalue weighted by Crippen LogP contribution is 2.10. The molecule has 0 saturated carbocycles. The number of carbonyl (C=O) groups is 1. The van der Waals surface area contributed by atoms with Gasteiger partial charge in [-0.25, -0.2) is 4.79 Å². The maximum atomic E-state index is 14.1. The highest BCUT2D eigenvalue weighted by molar-refractivity contribution is 5.77. The lowest BCUT2D eigenvalue weighted by atomic mass is 10.1. The van der Waals surface area contributed by atoms with Crippen molar-refractivity contribution in [1.82, 2.24) is 30.0 Å². The SMILES string of the molecule is O=C(n1ccnn1)n1nnc(Cc2ccccc2)c1F. The van der Waals surface area contributed by atoms with Crippen molar-refractivity contribution in [1.29, 1.82) is 0 Å². The molecule has 1 aromatic carbocycles. The van der Waals surface area contributed by atoms with E-state index in [1.165, 1.54) is 12.4 Å². The van der Waals surface area contributed by atoms with Crippen molar-refractivity contribution in [3.63, 3.8) is 0 Å². The van der Waals surface area contributed by atoms with Crippen LogP contribution in [0, 0.1) is 5.95 Å². The first kappa shape index (κ1) is 12.2. The van der Waals surface area contributed by atoms with Crippen LogP contribution in [0.25, 0.3) is 0 Å². The number of benzene rings is 1. The van der Waals surface area contributed by atoms with Crippen LogP contribution in [0.1, 0.15) is 11.3 Å². The summed E-state index contributed by atoms with van der Waals surface area (Å²) in [5.41, 5.74) is 0.983. The second-order valence-corrected chi connectivity index (χ2v) is 4.03. The Morgan fingerprint density at radius 3 is 2.70 bits per heavy atom. The summed E-state index contributed by atoms with van der Waals surface area (Å²) in [6.07, 6.45) is 2.88. The number of nitrogens with zero attached hydrogens (tertiary/aromatic N) is 6. The Hall–Kier alpha value is -2.90. The molecule has 0 radical (unpaired) electrons. The van der Waals surface area contributed by atoms with Gasteiger partial charge in [0.15, 0.2) is 0 Å². The van der Waals surface area contributed by atoms with Gasteiger partial charge in [-0.1, -0.05) is 40.8 Å². The van der Waals surface area contributed by atoms with E-state index in [0.717, 1.165) is 10.2 Å². The van der Waals surface area contributed by atoms with Crippen LogP contribution in [0.3, 0.4) is 0 Å². The predicted octanol–water partition coefficient (Wildman–Crippen LogP) is 1.12. The molecule has 0 saturated heterocycles. The molecule has 20 heavy (non-hydrogen) atoms. The lowest BCUT2D eigenvalue weighted by molar-refractivity contribution is 0.233. The molecule has 0 fully saturated rings. The van der Waals surface area contributed by atoms with Gasteiger partial charge in [0.05, 0.1) is 12.4 Å². The summed E-state index contributed by atoms with van der Waals surface area (Å²) < 4.78 is 15.6. The van der Waals surface area contributed by atoms with Crippen LogP contribution in [0.5, 0.6) is 0 Å². The molecule has 0 amide bonds. The van der Waals surface area contributed by atoms with Gasteiger partial charge in [0.25, 0.3) is 0 Å². The second-order valence-electron chi connectivity index (χ2n) is 4.03. The highest BCUT2D eigenvalue weighted by Gasteiger charge is 2.19. The first-order valence-electron chi connectivity index (χ1n) is 5.81. The van der Waals surface area contributed by atoms with Crippen LogP contribution >= 0.6 is 0 Å². The standard InChI is InChI=1S/C12H9FN6O/c13-11-10(8-9-4-2-1-3-5-9)15-17-19(11)12(20)18-7-6-14-16-18/h1-7H,8H2. The van der Waals surface area contributed by atoms with Crippen LogP contribution < -0.4 is 0 Å². The fourth-order valence-corrected chi connectivity index (χ4v) is 1.73. The molecular weight excluding hydrogens is 263 g/mol. The summed E-state index contributed by atoms with van der Waals surface area (Å²) in [6, 6.07) is 8.48. The van der Waals surface area contributed by atoms with Crippen molar-refractivity contribution in [2.75, 3.05) is 0 Å². The summed E-state index contributed by atoms with van der Waals surface area (Å²) in [5, 5.41) is 14.2. The number of hydrogen-bond donors (Lipinski definition) is 0. The van der Waals surface area contributed by atoms with Gasteiger partial charge in [0.1, 0.15) is 5.69 Å². The molecule has 0 bridgehead atoms. The Labute approximate surface area is 112 Å². The molecule has 7 nitrogen and oxygen atoms in total. The molecule has 0 atom stereocenters. The van der Waals surface area contributed by atoms with Gasteiger partial charge in [0, 0.05) is 6.42 Å². The van der Waals surface area contributed by atoms with Crippen molar-refractivity contribution in [2.24, 2.45) is 0 Å². The summed E-state index contributed by atoms with van der Waals surface area (Å²) in [7, 11) is 0. The van der Waals surface area contributed by atoms with E-state index in [0.29, 0.717) is 4.68 Å². The van der Waals surface area contributed by atoms with Crippen LogP contribution in [0.4, 0.5) is 9.18 Å². The fourth-order valence-electron chi connectivity index (χ4n) is 1.73. The summed E-state index contributed by atoms with van der Waals surface area (Å²) >= 11 is 0. The van der Waals surface area contributed by atoms with Crippen molar-refractivity contribution in [3.05, 3.63) is 59.9 Å². The Morgan fingerprint density at radius 2 is 2.00 bits per heavy atom. The highest BCUT2D eigenvalue weighted by atomic mass is 19.1. The Balaban J connectivity index is 1.87. The summed E-state index contributed by atoms with van der Waals surface area (Å²) in [5.74, 6) is -0.797. The van der Waals surface area contributed by atoms with E-state index in [9.17, 15) is 9.18 Å². The van der Waals surface area contributed by atoms with E-state index in [2.05, 4.69) is 20.6 Å². The number of carbonyl (C=O) groups excluding carboxylic acids is 1. The first-order valence-corrected chi connectivity index (χ1v) is 5.81. The topological polar surface area (TPSA) is 78.5 Å². The zero-order valence-corrected chi connectivity index (χ0v) is 10.2. The quantitative estimate of drug-likeness (QED) is 0.698. The third-order valence-electron chi connectivity index (χ3n) is 2.69. The average molecular weight is 272 g/mol. The minimum absolute atomic E-state index is 0.102. The van der Waals surface area contributed by atoms with E-state index in [-0.39, 0.29) is 12.1 Å². The van der Waals surface area contributed by atoms with Crippen LogP contribution in [-0.4, -0.2) is 36.0 Å². The van der Waals surface area contributed by atoms with E-state index < -0.39 is 12.0 Å². The smallest absolute Gasteiger partial charge is 0.243 e. The number of hydrogen-bond acceptors (Lipinski definition) is 5. The van der Waals surface area contributed by atoms with Crippen LogP contribution in [0.2, 0.25) is 0 Å².